The number of nitrogens with one attached hydrogen (secondary N) is 1. The highest BCUT2D eigenvalue weighted by molar-refractivity contribution is 5.83. The molecule has 0 rings (SSSR count). The molecular formula is C20H40N4O3. The van der Waals surface area contributed by atoms with Gasteiger partial charge in [0.05, 0.1) is 0 Å². The van der Waals surface area contributed by atoms with Crippen molar-refractivity contribution in [3.8, 4) is 0 Å². The molecule has 0 fully saturated rings. The Morgan fingerprint density at radius 2 is 1.41 bits per heavy atom. The lowest BCUT2D eigenvalue weighted by Crippen LogP contribution is -2.40. The molecule has 7 nitrogen and oxygen atoms in total. The summed E-state index contributed by atoms with van der Waals surface area (Å²) >= 11 is 0. The first-order valence-corrected chi connectivity index (χ1v) is 10.5. The number of amides is 1. The molecule has 0 aromatic carbocycles. The number of hydrogen-bond donors (Lipinski definition) is 4. The van der Waals surface area contributed by atoms with Gasteiger partial charge in [-0.2, -0.15) is 0 Å². The molecule has 0 saturated carbocycles. The van der Waals surface area contributed by atoms with Crippen LogP contribution in [-0.4, -0.2) is 35.5 Å². The number of aliphatic carboxylic acids is 1. The van der Waals surface area contributed by atoms with Crippen molar-refractivity contribution in [1.82, 2.24) is 5.32 Å². The lowest BCUT2D eigenvalue weighted by atomic mass is 10.0. The van der Waals surface area contributed by atoms with Crippen LogP contribution in [0.4, 0.5) is 0 Å². The average molecular weight is 385 g/mol. The molecule has 6 N–H and O–H groups in total. The first kappa shape index (κ1) is 25.2. The number of guanidine groups is 1. The molecule has 27 heavy (non-hydrogen) atoms. The van der Waals surface area contributed by atoms with E-state index in [0.29, 0.717) is 25.8 Å². The van der Waals surface area contributed by atoms with Gasteiger partial charge in [-0.1, -0.05) is 71.1 Å². The van der Waals surface area contributed by atoms with Gasteiger partial charge in [-0.25, -0.2) is 4.79 Å². The summed E-state index contributed by atoms with van der Waals surface area (Å²) in [7, 11) is 0. The third kappa shape index (κ3) is 17.4. The molecule has 0 aliphatic carbocycles. The van der Waals surface area contributed by atoms with Gasteiger partial charge in [0.1, 0.15) is 6.04 Å². The molecule has 1 amide bonds. The molecule has 0 radical (unpaired) electrons. The van der Waals surface area contributed by atoms with Crippen molar-refractivity contribution in [3.63, 3.8) is 0 Å². The van der Waals surface area contributed by atoms with Crippen LogP contribution >= 0.6 is 0 Å². The molecule has 158 valence electrons. The van der Waals surface area contributed by atoms with Gasteiger partial charge in [0.15, 0.2) is 5.96 Å². The fourth-order valence-electron chi connectivity index (χ4n) is 2.98. The number of unbranched alkanes of at least 4 members (excludes halogenated alkanes) is 10. The van der Waals surface area contributed by atoms with Crippen molar-refractivity contribution in [1.29, 1.82) is 0 Å². The molecule has 0 bridgehead atoms. The summed E-state index contributed by atoms with van der Waals surface area (Å²) in [5.74, 6) is -1.23. The number of carbonyl (C=O) groups is 2. The zero-order valence-corrected chi connectivity index (χ0v) is 17.0. The van der Waals surface area contributed by atoms with Gasteiger partial charge in [0.2, 0.25) is 5.91 Å². The predicted molar refractivity (Wildman–Crippen MR) is 111 cm³/mol. The van der Waals surface area contributed by atoms with Crippen molar-refractivity contribution in [2.24, 2.45) is 16.5 Å². The van der Waals surface area contributed by atoms with Crippen LogP contribution in [-0.2, 0) is 9.59 Å². The summed E-state index contributed by atoms with van der Waals surface area (Å²) in [6.45, 7) is 2.60. The largest absolute Gasteiger partial charge is 0.480 e. The zero-order chi connectivity index (χ0) is 20.3. The Bertz CT molecular complexity index is 423. The highest BCUT2D eigenvalue weighted by Gasteiger charge is 2.18. The fourth-order valence-corrected chi connectivity index (χ4v) is 2.98. The summed E-state index contributed by atoms with van der Waals surface area (Å²) in [5, 5.41) is 11.8. The minimum absolute atomic E-state index is 0.0117. The first-order valence-electron chi connectivity index (χ1n) is 10.5. The van der Waals surface area contributed by atoms with Crippen molar-refractivity contribution in [3.05, 3.63) is 0 Å². The highest BCUT2D eigenvalue weighted by atomic mass is 16.4. The van der Waals surface area contributed by atoms with E-state index in [1.807, 2.05) is 0 Å². The second kappa shape index (κ2) is 17.6. The van der Waals surface area contributed by atoms with Crippen LogP contribution in [0.5, 0.6) is 0 Å². The van der Waals surface area contributed by atoms with Gasteiger partial charge in [-0.3, -0.25) is 9.79 Å². The Kier molecular flexibility index (Phi) is 16.4. The maximum Gasteiger partial charge on any atom is 0.326 e. The van der Waals surface area contributed by atoms with E-state index in [1.165, 1.54) is 51.4 Å². The van der Waals surface area contributed by atoms with E-state index in [4.69, 9.17) is 11.5 Å². The molecule has 0 spiro atoms. The van der Waals surface area contributed by atoms with Gasteiger partial charge >= 0.3 is 5.97 Å². The van der Waals surface area contributed by atoms with Crippen molar-refractivity contribution >= 4 is 17.8 Å². The maximum atomic E-state index is 11.9. The lowest BCUT2D eigenvalue weighted by molar-refractivity contribution is -0.142. The van der Waals surface area contributed by atoms with Crippen LogP contribution in [0, 0.1) is 0 Å². The minimum Gasteiger partial charge on any atom is -0.480 e. The van der Waals surface area contributed by atoms with Crippen LogP contribution in [0.2, 0.25) is 0 Å². The molecule has 0 saturated heterocycles. The van der Waals surface area contributed by atoms with E-state index in [2.05, 4.69) is 17.2 Å². The Morgan fingerprint density at radius 1 is 0.889 bits per heavy atom. The number of hydrogen-bond acceptors (Lipinski definition) is 3. The number of carboxylic acid groups (broad SMARTS) is 1. The van der Waals surface area contributed by atoms with Gasteiger partial charge < -0.3 is 21.9 Å². The van der Waals surface area contributed by atoms with Crippen LogP contribution in [0.1, 0.15) is 96.8 Å². The van der Waals surface area contributed by atoms with E-state index >= 15 is 0 Å². The van der Waals surface area contributed by atoms with Gasteiger partial charge in [0.25, 0.3) is 0 Å². The monoisotopic (exact) mass is 384 g/mol. The topological polar surface area (TPSA) is 131 Å². The summed E-state index contributed by atoms with van der Waals surface area (Å²) in [5.41, 5.74) is 10.4. The smallest absolute Gasteiger partial charge is 0.326 e. The van der Waals surface area contributed by atoms with Gasteiger partial charge in [0, 0.05) is 13.0 Å². The second-order valence-electron chi connectivity index (χ2n) is 7.19. The maximum absolute atomic E-state index is 11.9. The normalized spacial score (nSPS) is 11.7. The van der Waals surface area contributed by atoms with Crippen molar-refractivity contribution in [2.75, 3.05) is 6.54 Å². The number of carboxylic acids is 1. The summed E-state index contributed by atoms with van der Waals surface area (Å²) in [4.78, 5) is 27.0. The van der Waals surface area contributed by atoms with E-state index in [9.17, 15) is 14.7 Å². The van der Waals surface area contributed by atoms with E-state index in [-0.39, 0.29) is 11.9 Å². The van der Waals surface area contributed by atoms with Gasteiger partial charge in [-0.05, 0) is 19.3 Å². The quantitative estimate of drug-likeness (QED) is 0.164. The summed E-state index contributed by atoms with van der Waals surface area (Å²) in [6.07, 6.45) is 14.7. The number of aliphatic imine (C=N–C) groups is 1. The van der Waals surface area contributed by atoms with Crippen LogP contribution < -0.4 is 16.8 Å². The van der Waals surface area contributed by atoms with Gasteiger partial charge in [-0.15, -0.1) is 0 Å². The number of nitrogens with zero attached hydrogens (tertiary/aromatic N) is 1. The molecule has 0 heterocycles. The minimum atomic E-state index is -1.02. The molecular weight excluding hydrogens is 344 g/mol. The number of rotatable bonds is 18. The van der Waals surface area contributed by atoms with Crippen LogP contribution in [0.15, 0.2) is 4.99 Å². The molecule has 1 atom stereocenters. The van der Waals surface area contributed by atoms with E-state index in [0.717, 1.165) is 19.3 Å². The SMILES string of the molecule is CCCCCCCCCCCCCC(=O)NC(CCCN=C(N)N)C(=O)O. The Morgan fingerprint density at radius 3 is 1.89 bits per heavy atom. The van der Waals surface area contributed by atoms with E-state index < -0.39 is 12.0 Å². The molecule has 1 unspecified atom stereocenters. The van der Waals surface area contributed by atoms with Crippen molar-refractivity contribution < 1.29 is 14.7 Å². The highest BCUT2D eigenvalue weighted by Crippen LogP contribution is 2.12. The third-order valence-corrected chi connectivity index (χ3v) is 4.59. The standard InChI is InChI=1S/C20H40N4O3/c1-2-3-4-5-6-7-8-9-10-11-12-15-18(25)24-17(19(26)27)14-13-16-23-20(21)22/h17H,2-16H2,1H3,(H,24,25)(H,26,27)(H4,21,22,23). The summed E-state index contributed by atoms with van der Waals surface area (Å²) in [6, 6.07) is -0.876. The fraction of sp³-hybridized carbons (Fsp3) is 0.850. The van der Waals surface area contributed by atoms with Crippen LogP contribution in [0.25, 0.3) is 0 Å². The molecule has 0 aliphatic rings. The zero-order valence-electron chi connectivity index (χ0n) is 17.0. The number of carbonyl (C=O) groups excluding carboxylic acids is 1. The molecule has 0 aromatic heterocycles. The molecule has 7 heteroatoms. The number of nitrogens with two attached hydrogens (primary N) is 2. The Hall–Kier alpha value is -1.79. The average Bonchev–Trinajstić information content (AvgIpc) is 2.61. The van der Waals surface area contributed by atoms with Crippen molar-refractivity contribution in [2.45, 2.75) is 103 Å². The molecule has 0 aromatic rings. The first-order chi connectivity index (χ1) is 13.0. The Labute approximate surface area is 164 Å². The lowest BCUT2D eigenvalue weighted by Gasteiger charge is -2.14. The second-order valence-corrected chi connectivity index (χ2v) is 7.19. The summed E-state index contributed by atoms with van der Waals surface area (Å²) < 4.78 is 0. The van der Waals surface area contributed by atoms with E-state index in [1.54, 1.807) is 0 Å². The third-order valence-electron chi connectivity index (χ3n) is 4.59. The Balaban J connectivity index is 3.66. The predicted octanol–water partition coefficient (Wildman–Crippen LogP) is 3.31. The molecule has 0 aliphatic heterocycles. The van der Waals surface area contributed by atoms with Crippen LogP contribution in [0.3, 0.4) is 0 Å².